The maximum absolute atomic E-state index is 13.9. The molecule has 0 saturated heterocycles. The first-order chi connectivity index (χ1) is 18.1. The van der Waals surface area contributed by atoms with Crippen molar-refractivity contribution in [2.24, 2.45) is 5.92 Å². The van der Waals surface area contributed by atoms with Crippen LogP contribution in [-0.4, -0.2) is 49.4 Å². The van der Waals surface area contributed by atoms with Crippen LogP contribution in [0.15, 0.2) is 88.8 Å². The summed E-state index contributed by atoms with van der Waals surface area (Å²) in [5, 5.41) is 10.9. The Kier molecular flexibility index (Phi) is 5.88. The van der Waals surface area contributed by atoms with Gasteiger partial charge in [-0.25, -0.2) is 20.8 Å². The predicted molar refractivity (Wildman–Crippen MR) is 147 cm³/mol. The zero-order valence-electron chi connectivity index (χ0n) is 21.1. The Balaban J connectivity index is 1.51. The van der Waals surface area contributed by atoms with E-state index in [1.807, 2.05) is 26.0 Å². The normalized spacial score (nSPS) is 19.8. The van der Waals surface area contributed by atoms with Crippen molar-refractivity contribution in [1.29, 1.82) is 0 Å². The Morgan fingerprint density at radius 2 is 1.45 bits per heavy atom. The Morgan fingerprint density at radius 1 is 0.842 bits per heavy atom. The lowest BCUT2D eigenvalue weighted by molar-refractivity contribution is 0.212. The first-order valence-electron chi connectivity index (χ1n) is 12.5. The Morgan fingerprint density at radius 3 is 2.05 bits per heavy atom. The molecule has 9 heteroatoms. The molecule has 0 radical (unpaired) electrons. The quantitative estimate of drug-likeness (QED) is 0.405. The van der Waals surface area contributed by atoms with Crippen molar-refractivity contribution in [3.63, 3.8) is 0 Å². The van der Waals surface area contributed by atoms with Gasteiger partial charge >= 0.3 is 0 Å². The second kappa shape index (κ2) is 8.91. The zero-order chi connectivity index (χ0) is 26.8. The summed E-state index contributed by atoms with van der Waals surface area (Å²) in [6.45, 7) is 3.76. The lowest BCUT2D eigenvalue weighted by Crippen LogP contribution is -2.48. The van der Waals surface area contributed by atoms with Crippen molar-refractivity contribution in [2.75, 3.05) is 13.2 Å². The molecule has 1 aliphatic carbocycles. The number of aromatic nitrogens is 1. The van der Waals surface area contributed by atoms with Crippen molar-refractivity contribution in [3.8, 4) is 0 Å². The molecule has 2 aliphatic rings. The van der Waals surface area contributed by atoms with Crippen LogP contribution in [0, 0.1) is 19.8 Å². The van der Waals surface area contributed by atoms with Crippen LogP contribution in [0.3, 0.4) is 0 Å². The molecule has 38 heavy (non-hydrogen) atoms. The first kappa shape index (κ1) is 25.1. The van der Waals surface area contributed by atoms with Crippen LogP contribution in [-0.2, 0) is 26.5 Å². The van der Waals surface area contributed by atoms with Gasteiger partial charge in [-0.15, -0.1) is 0 Å². The second-order valence-electron chi connectivity index (χ2n) is 10.1. The highest BCUT2D eigenvalue weighted by Crippen LogP contribution is 2.44. The average molecular weight is 549 g/mol. The van der Waals surface area contributed by atoms with Gasteiger partial charge in [0.2, 0.25) is 10.0 Å². The summed E-state index contributed by atoms with van der Waals surface area (Å²) in [5.74, 6) is -0.378. The number of rotatable bonds is 5. The summed E-state index contributed by atoms with van der Waals surface area (Å²) in [7, 11) is -7.75. The van der Waals surface area contributed by atoms with Crippen LogP contribution >= 0.6 is 0 Å². The number of benzene rings is 3. The average Bonchev–Trinajstić information content (AvgIpc) is 3.29. The number of fused-ring (bicyclic) bond motifs is 2. The van der Waals surface area contributed by atoms with Crippen LogP contribution in [0.25, 0.3) is 16.5 Å². The number of sulfonamides is 1. The molecule has 0 fully saturated rings. The maximum atomic E-state index is 13.9. The Hall–Kier alpha value is -3.24. The minimum absolute atomic E-state index is 0.147. The van der Waals surface area contributed by atoms with E-state index in [-0.39, 0.29) is 28.9 Å². The molecule has 2 heterocycles. The number of nitrogens with zero attached hydrogens (tertiary/aromatic N) is 2. The van der Waals surface area contributed by atoms with Gasteiger partial charge in [0.25, 0.3) is 10.0 Å². The van der Waals surface area contributed by atoms with E-state index in [2.05, 4.69) is 0 Å². The fourth-order valence-corrected chi connectivity index (χ4v) is 8.64. The number of aryl methyl sites for hydroxylation is 2. The highest BCUT2D eigenvalue weighted by atomic mass is 32.2. The zero-order valence-corrected chi connectivity index (χ0v) is 22.7. The predicted octanol–water partition coefficient (Wildman–Crippen LogP) is 4.12. The largest absolute Gasteiger partial charge is 0.396 e. The molecular weight excluding hydrogens is 520 g/mol. The lowest BCUT2D eigenvalue weighted by atomic mass is 9.81. The van der Waals surface area contributed by atoms with Gasteiger partial charge in [0.05, 0.1) is 28.0 Å². The molecule has 2 atom stereocenters. The van der Waals surface area contributed by atoms with Crippen molar-refractivity contribution >= 4 is 36.5 Å². The third kappa shape index (κ3) is 3.84. The molecule has 1 aliphatic heterocycles. The van der Waals surface area contributed by atoms with E-state index >= 15 is 0 Å². The van der Waals surface area contributed by atoms with Gasteiger partial charge in [0.15, 0.2) is 0 Å². The van der Waals surface area contributed by atoms with Crippen molar-refractivity contribution < 1.29 is 21.9 Å². The topological polar surface area (TPSA) is 96.7 Å². The standard InChI is InChI=1S/C29H28N2O5S2/c1-19-6-10-23(11-7-19)37(33,34)30-16-21(18-32)14-26-25-4-3-5-27-29(25)22(15-28(26)30)17-31(27)38(35,36)24-12-8-20(2)9-13-24/h3-14,17,21,28,32H,15-16,18H2,1-2H3/t21-,28-/m1/s1. The number of hydrogen-bond acceptors (Lipinski definition) is 5. The summed E-state index contributed by atoms with van der Waals surface area (Å²) < 4.78 is 57.9. The van der Waals surface area contributed by atoms with Crippen LogP contribution in [0.2, 0.25) is 0 Å². The first-order valence-corrected chi connectivity index (χ1v) is 15.4. The second-order valence-corrected chi connectivity index (χ2v) is 13.8. The van der Waals surface area contributed by atoms with Gasteiger partial charge in [-0.1, -0.05) is 53.6 Å². The molecule has 0 bridgehead atoms. The molecule has 1 N–H and O–H groups in total. The molecule has 196 valence electrons. The maximum Gasteiger partial charge on any atom is 0.268 e. The number of aliphatic hydroxyl groups excluding tert-OH is 1. The van der Waals surface area contributed by atoms with Crippen LogP contribution in [0.5, 0.6) is 0 Å². The molecule has 7 nitrogen and oxygen atoms in total. The number of aliphatic hydroxyl groups is 1. The summed E-state index contributed by atoms with van der Waals surface area (Å²) in [4.78, 5) is 0.390. The molecule has 6 rings (SSSR count). The molecule has 0 amide bonds. The van der Waals surface area contributed by atoms with E-state index in [0.717, 1.165) is 33.2 Å². The fourth-order valence-electron chi connectivity index (χ4n) is 5.60. The van der Waals surface area contributed by atoms with Crippen LogP contribution in [0.1, 0.15) is 22.3 Å². The van der Waals surface area contributed by atoms with Gasteiger partial charge in [-0.05, 0) is 67.3 Å². The summed E-state index contributed by atoms with van der Waals surface area (Å²) in [5.41, 5.74) is 4.85. The van der Waals surface area contributed by atoms with Gasteiger partial charge in [0, 0.05) is 24.0 Å². The third-order valence-corrected chi connectivity index (χ3v) is 11.2. The van der Waals surface area contributed by atoms with Crippen molar-refractivity contribution in [3.05, 3.63) is 101 Å². The minimum atomic E-state index is -3.88. The molecule has 0 unspecified atom stereocenters. The number of hydrogen-bond donors (Lipinski definition) is 1. The molecule has 0 spiro atoms. The van der Waals surface area contributed by atoms with E-state index in [1.54, 1.807) is 66.9 Å². The van der Waals surface area contributed by atoms with E-state index in [1.165, 1.54) is 8.28 Å². The van der Waals surface area contributed by atoms with Gasteiger partial charge in [0.1, 0.15) is 0 Å². The van der Waals surface area contributed by atoms with E-state index in [0.29, 0.717) is 11.9 Å². The Labute approximate surface area is 222 Å². The Bertz CT molecular complexity index is 1800. The summed E-state index contributed by atoms with van der Waals surface area (Å²) in [6.07, 6.45) is 3.92. The summed E-state index contributed by atoms with van der Waals surface area (Å²) >= 11 is 0. The lowest BCUT2D eigenvalue weighted by Gasteiger charge is -2.40. The molecule has 4 aromatic rings. The smallest absolute Gasteiger partial charge is 0.268 e. The third-order valence-electron chi connectivity index (χ3n) is 7.57. The van der Waals surface area contributed by atoms with Crippen LogP contribution in [0.4, 0.5) is 0 Å². The van der Waals surface area contributed by atoms with E-state index in [4.69, 9.17) is 0 Å². The van der Waals surface area contributed by atoms with E-state index < -0.39 is 26.1 Å². The highest BCUT2D eigenvalue weighted by molar-refractivity contribution is 7.90. The molecule has 3 aromatic carbocycles. The van der Waals surface area contributed by atoms with Crippen molar-refractivity contribution in [1.82, 2.24) is 8.28 Å². The summed E-state index contributed by atoms with van der Waals surface area (Å²) in [6, 6.07) is 18.5. The SMILES string of the molecule is Cc1ccc(S(=O)(=O)N2C[C@H](CO)C=C3c4cccc5c4c(cn5S(=O)(=O)c4ccc(C)cc4)C[C@H]32)cc1. The van der Waals surface area contributed by atoms with Crippen LogP contribution < -0.4 is 0 Å². The minimum Gasteiger partial charge on any atom is -0.396 e. The molecule has 1 aromatic heterocycles. The molecular formula is C29H28N2O5S2. The van der Waals surface area contributed by atoms with Crippen molar-refractivity contribution in [2.45, 2.75) is 36.1 Å². The molecule has 0 saturated carbocycles. The van der Waals surface area contributed by atoms with Gasteiger partial charge in [-0.2, -0.15) is 4.31 Å². The highest BCUT2D eigenvalue weighted by Gasteiger charge is 2.42. The monoisotopic (exact) mass is 548 g/mol. The fraction of sp³-hybridized carbons (Fsp3) is 0.241. The van der Waals surface area contributed by atoms with E-state index in [9.17, 15) is 21.9 Å². The van der Waals surface area contributed by atoms with Gasteiger partial charge < -0.3 is 5.11 Å². The van der Waals surface area contributed by atoms with Gasteiger partial charge in [-0.3, -0.25) is 0 Å².